The second kappa shape index (κ2) is 5.53. The van der Waals surface area contributed by atoms with Crippen LogP contribution in [0.1, 0.15) is 25.0 Å². The topological polar surface area (TPSA) is 52.6 Å². The van der Waals surface area contributed by atoms with E-state index in [1.807, 2.05) is 0 Å². The molecular weight excluding hydrogens is 346 g/mol. The standard InChI is InChI=1S/C14H8F6O4/c1-13(2)23-11(21)6(12(22)24-13)3-5-7(14(18,19)20)4-8(15)10(17)9(5)16/h3-4H,1-2H3. The van der Waals surface area contributed by atoms with Crippen LogP contribution in [0.4, 0.5) is 26.3 Å². The van der Waals surface area contributed by atoms with Crippen LogP contribution in [-0.2, 0) is 25.2 Å². The average Bonchev–Trinajstić information content (AvgIpc) is 2.39. The van der Waals surface area contributed by atoms with E-state index in [0.717, 1.165) is 0 Å². The summed E-state index contributed by atoms with van der Waals surface area (Å²) < 4.78 is 88.0. The average molecular weight is 354 g/mol. The van der Waals surface area contributed by atoms with Crippen LogP contribution < -0.4 is 0 Å². The lowest BCUT2D eigenvalue weighted by Gasteiger charge is -2.29. The van der Waals surface area contributed by atoms with Crippen molar-refractivity contribution in [3.05, 3.63) is 40.2 Å². The third kappa shape index (κ3) is 3.22. The minimum atomic E-state index is -5.27. The molecule has 1 aromatic rings. The fourth-order valence-electron chi connectivity index (χ4n) is 1.91. The summed E-state index contributed by atoms with van der Waals surface area (Å²) in [6.07, 6.45) is -5.16. The first-order valence-electron chi connectivity index (χ1n) is 6.26. The van der Waals surface area contributed by atoms with Crippen molar-refractivity contribution in [2.45, 2.75) is 25.8 Å². The largest absolute Gasteiger partial charge is 0.419 e. The van der Waals surface area contributed by atoms with E-state index in [4.69, 9.17) is 0 Å². The number of cyclic esters (lactones) is 2. The van der Waals surface area contributed by atoms with Gasteiger partial charge in [-0.15, -0.1) is 0 Å². The van der Waals surface area contributed by atoms with Crippen LogP contribution in [0.2, 0.25) is 0 Å². The number of ether oxygens (including phenoxy) is 2. The maximum absolute atomic E-state index is 13.8. The Bertz CT molecular complexity index is 742. The number of rotatable bonds is 1. The van der Waals surface area contributed by atoms with Gasteiger partial charge in [-0.25, -0.2) is 22.8 Å². The zero-order chi connectivity index (χ0) is 18.4. The molecule has 0 atom stereocenters. The molecule has 2 rings (SSSR count). The van der Waals surface area contributed by atoms with Crippen molar-refractivity contribution in [2.75, 3.05) is 0 Å². The Labute approximate surface area is 130 Å². The first-order chi connectivity index (χ1) is 10.8. The SMILES string of the molecule is CC1(C)OC(=O)C(=Cc2c(C(F)(F)F)cc(F)c(F)c2F)C(=O)O1. The minimum Gasteiger partial charge on any atom is -0.419 e. The Kier molecular flexibility index (Phi) is 4.11. The van der Waals surface area contributed by atoms with E-state index in [1.165, 1.54) is 13.8 Å². The summed E-state index contributed by atoms with van der Waals surface area (Å²) in [5, 5.41) is 0. The van der Waals surface area contributed by atoms with Crippen LogP contribution in [0.25, 0.3) is 6.08 Å². The highest BCUT2D eigenvalue weighted by atomic mass is 19.4. The Balaban J connectivity index is 2.67. The van der Waals surface area contributed by atoms with E-state index in [2.05, 4.69) is 9.47 Å². The van der Waals surface area contributed by atoms with Crippen molar-refractivity contribution in [3.8, 4) is 0 Å². The van der Waals surface area contributed by atoms with Crippen LogP contribution in [0.5, 0.6) is 0 Å². The highest BCUT2D eigenvalue weighted by Gasteiger charge is 2.41. The molecule has 0 aliphatic carbocycles. The summed E-state index contributed by atoms with van der Waals surface area (Å²) in [6.45, 7) is 2.36. The molecule has 1 aliphatic heterocycles. The smallest absolute Gasteiger partial charge is 0.417 e. The molecule has 1 heterocycles. The molecular formula is C14H8F6O4. The summed E-state index contributed by atoms with van der Waals surface area (Å²) in [6, 6.07) is -0.283. The van der Waals surface area contributed by atoms with Gasteiger partial charge in [0, 0.05) is 19.4 Å². The fraction of sp³-hybridized carbons (Fsp3) is 0.286. The van der Waals surface area contributed by atoms with E-state index in [9.17, 15) is 35.9 Å². The summed E-state index contributed by atoms with van der Waals surface area (Å²) in [5.74, 6) is -10.9. The summed E-state index contributed by atoms with van der Waals surface area (Å²) in [7, 11) is 0. The lowest BCUT2D eigenvalue weighted by atomic mass is 10.0. The predicted octanol–water partition coefficient (Wildman–Crippen LogP) is 3.34. The van der Waals surface area contributed by atoms with Crippen molar-refractivity contribution in [3.63, 3.8) is 0 Å². The van der Waals surface area contributed by atoms with Gasteiger partial charge in [-0.1, -0.05) is 0 Å². The van der Waals surface area contributed by atoms with Crippen molar-refractivity contribution >= 4 is 18.0 Å². The highest BCUT2D eigenvalue weighted by Crippen LogP contribution is 2.36. The zero-order valence-corrected chi connectivity index (χ0v) is 12.1. The van der Waals surface area contributed by atoms with E-state index < -0.39 is 58.1 Å². The molecule has 130 valence electrons. The van der Waals surface area contributed by atoms with Crippen LogP contribution in [-0.4, -0.2) is 17.7 Å². The molecule has 1 aromatic carbocycles. The van der Waals surface area contributed by atoms with Crippen molar-refractivity contribution in [2.24, 2.45) is 0 Å². The molecule has 1 fully saturated rings. The molecule has 0 aromatic heterocycles. The first-order valence-corrected chi connectivity index (χ1v) is 6.26. The van der Waals surface area contributed by atoms with E-state index in [0.29, 0.717) is 0 Å². The van der Waals surface area contributed by atoms with Gasteiger partial charge in [0.1, 0.15) is 5.57 Å². The van der Waals surface area contributed by atoms with Gasteiger partial charge in [0.05, 0.1) is 5.56 Å². The third-order valence-electron chi connectivity index (χ3n) is 2.91. The van der Waals surface area contributed by atoms with Crippen LogP contribution >= 0.6 is 0 Å². The Morgan fingerprint density at radius 1 is 1.00 bits per heavy atom. The Morgan fingerprint density at radius 3 is 1.96 bits per heavy atom. The molecule has 1 aliphatic rings. The first kappa shape index (κ1) is 17.8. The molecule has 1 saturated heterocycles. The number of hydrogen-bond acceptors (Lipinski definition) is 4. The summed E-state index contributed by atoms with van der Waals surface area (Å²) in [4.78, 5) is 23.4. The molecule has 0 spiro atoms. The Hall–Kier alpha value is -2.52. The molecule has 10 heteroatoms. The number of carbonyl (C=O) groups is 2. The van der Waals surface area contributed by atoms with Gasteiger partial charge in [0.2, 0.25) is 0 Å². The molecule has 0 bridgehead atoms. The lowest BCUT2D eigenvalue weighted by molar-refractivity contribution is -0.222. The van der Waals surface area contributed by atoms with Gasteiger partial charge < -0.3 is 9.47 Å². The molecule has 0 amide bonds. The molecule has 0 saturated carbocycles. The van der Waals surface area contributed by atoms with E-state index >= 15 is 0 Å². The summed E-state index contributed by atoms with van der Waals surface area (Å²) >= 11 is 0. The predicted molar refractivity (Wildman–Crippen MR) is 65.6 cm³/mol. The van der Waals surface area contributed by atoms with Gasteiger partial charge in [-0.3, -0.25) is 0 Å². The van der Waals surface area contributed by atoms with Gasteiger partial charge in [-0.2, -0.15) is 13.2 Å². The number of halogens is 6. The number of hydrogen-bond donors (Lipinski definition) is 0. The number of esters is 2. The third-order valence-corrected chi connectivity index (χ3v) is 2.91. The minimum absolute atomic E-state index is 0.112. The number of alkyl halides is 3. The van der Waals surface area contributed by atoms with E-state index in [-0.39, 0.29) is 12.1 Å². The van der Waals surface area contributed by atoms with Crippen molar-refractivity contribution in [1.29, 1.82) is 0 Å². The molecule has 0 unspecified atom stereocenters. The Morgan fingerprint density at radius 2 is 1.50 bits per heavy atom. The monoisotopic (exact) mass is 354 g/mol. The lowest BCUT2D eigenvalue weighted by Crippen LogP contribution is -2.41. The van der Waals surface area contributed by atoms with Crippen molar-refractivity contribution < 1.29 is 45.4 Å². The summed E-state index contributed by atoms with van der Waals surface area (Å²) in [5.41, 5.74) is -4.52. The second-order valence-electron chi connectivity index (χ2n) is 5.18. The molecule has 4 nitrogen and oxygen atoms in total. The molecule has 0 N–H and O–H groups in total. The maximum Gasteiger partial charge on any atom is 0.417 e. The van der Waals surface area contributed by atoms with Gasteiger partial charge in [0.25, 0.3) is 5.79 Å². The number of benzene rings is 1. The van der Waals surface area contributed by atoms with Crippen molar-refractivity contribution in [1.82, 2.24) is 0 Å². The second-order valence-corrected chi connectivity index (χ2v) is 5.18. The fourth-order valence-corrected chi connectivity index (χ4v) is 1.91. The van der Waals surface area contributed by atoms with Crippen LogP contribution in [0.3, 0.4) is 0 Å². The van der Waals surface area contributed by atoms with Gasteiger partial charge in [0.15, 0.2) is 17.5 Å². The quantitative estimate of drug-likeness (QED) is 0.255. The van der Waals surface area contributed by atoms with Crippen LogP contribution in [0, 0.1) is 17.5 Å². The normalized spacial score (nSPS) is 17.4. The van der Waals surface area contributed by atoms with Gasteiger partial charge in [-0.05, 0) is 12.1 Å². The highest BCUT2D eigenvalue weighted by molar-refractivity contribution is 6.19. The molecule has 0 radical (unpaired) electrons. The van der Waals surface area contributed by atoms with Gasteiger partial charge >= 0.3 is 18.1 Å². The van der Waals surface area contributed by atoms with Crippen LogP contribution in [0.15, 0.2) is 11.6 Å². The number of carbonyl (C=O) groups excluding carboxylic acids is 2. The zero-order valence-electron chi connectivity index (χ0n) is 12.1. The maximum atomic E-state index is 13.8. The van der Waals surface area contributed by atoms with E-state index in [1.54, 1.807) is 0 Å². The molecule has 24 heavy (non-hydrogen) atoms.